The first kappa shape index (κ1) is 16.8. The minimum absolute atomic E-state index is 0.0820. The first-order valence-electron chi connectivity index (χ1n) is 7.06. The number of nitrogens with one attached hydrogen (secondary N) is 2. The lowest BCUT2D eigenvalue weighted by atomic mass is 10.1. The molecule has 0 spiro atoms. The number of halogens is 2. The van der Waals surface area contributed by atoms with Crippen LogP contribution in [-0.2, 0) is 11.2 Å². The molecular weight excluding hydrogens is 319 g/mol. The van der Waals surface area contributed by atoms with Crippen LogP contribution in [-0.4, -0.2) is 19.0 Å². The van der Waals surface area contributed by atoms with Crippen LogP contribution in [0.4, 0.5) is 5.69 Å². The van der Waals surface area contributed by atoms with Crippen LogP contribution in [0.1, 0.15) is 11.1 Å². The number of anilines is 1. The van der Waals surface area contributed by atoms with E-state index in [4.69, 9.17) is 23.2 Å². The highest BCUT2D eigenvalue weighted by Gasteiger charge is 2.06. The van der Waals surface area contributed by atoms with Crippen molar-refractivity contribution in [3.05, 3.63) is 63.6 Å². The molecule has 5 heteroatoms. The zero-order valence-corrected chi connectivity index (χ0v) is 13.8. The van der Waals surface area contributed by atoms with E-state index in [0.29, 0.717) is 5.02 Å². The average Bonchev–Trinajstić information content (AvgIpc) is 2.50. The fourth-order valence-corrected chi connectivity index (χ4v) is 2.32. The van der Waals surface area contributed by atoms with Crippen molar-refractivity contribution in [2.75, 3.05) is 18.4 Å². The van der Waals surface area contributed by atoms with Crippen molar-refractivity contribution in [1.29, 1.82) is 0 Å². The van der Waals surface area contributed by atoms with Crippen LogP contribution in [0.5, 0.6) is 0 Å². The van der Waals surface area contributed by atoms with Gasteiger partial charge in [-0.3, -0.25) is 4.79 Å². The Morgan fingerprint density at radius 1 is 1.09 bits per heavy atom. The van der Waals surface area contributed by atoms with E-state index in [9.17, 15) is 4.79 Å². The van der Waals surface area contributed by atoms with Gasteiger partial charge in [0.1, 0.15) is 0 Å². The van der Waals surface area contributed by atoms with Gasteiger partial charge in [0.25, 0.3) is 0 Å². The number of amides is 1. The van der Waals surface area contributed by atoms with E-state index in [-0.39, 0.29) is 12.5 Å². The van der Waals surface area contributed by atoms with Gasteiger partial charge in [0, 0.05) is 15.7 Å². The highest BCUT2D eigenvalue weighted by molar-refractivity contribution is 6.31. The number of carbonyl (C=O) groups is 1. The largest absolute Gasteiger partial charge is 0.325 e. The molecule has 3 nitrogen and oxygen atoms in total. The van der Waals surface area contributed by atoms with Crippen molar-refractivity contribution in [2.45, 2.75) is 13.3 Å². The van der Waals surface area contributed by atoms with E-state index in [1.165, 1.54) is 5.56 Å². The van der Waals surface area contributed by atoms with Gasteiger partial charge in [-0.25, -0.2) is 0 Å². The quantitative estimate of drug-likeness (QED) is 0.780. The van der Waals surface area contributed by atoms with Gasteiger partial charge >= 0.3 is 0 Å². The molecule has 0 heterocycles. The van der Waals surface area contributed by atoms with Gasteiger partial charge in [0.05, 0.1) is 6.54 Å². The molecule has 2 N–H and O–H groups in total. The van der Waals surface area contributed by atoms with Gasteiger partial charge < -0.3 is 10.6 Å². The van der Waals surface area contributed by atoms with Crippen molar-refractivity contribution < 1.29 is 4.79 Å². The summed E-state index contributed by atoms with van der Waals surface area (Å²) in [6.45, 7) is 2.87. The molecule has 0 aliphatic rings. The van der Waals surface area contributed by atoms with E-state index in [0.717, 1.165) is 29.2 Å². The Hall–Kier alpha value is -1.55. The smallest absolute Gasteiger partial charge is 0.238 e. The lowest BCUT2D eigenvalue weighted by Gasteiger charge is -2.10. The summed E-state index contributed by atoms with van der Waals surface area (Å²) >= 11 is 11.9. The summed E-state index contributed by atoms with van der Waals surface area (Å²) in [6, 6.07) is 13.2. The van der Waals surface area contributed by atoms with Gasteiger partial charge in [-0.15, -0.1) is 0 Å². The lowest BCUT2D eigenvalue weighted by Crippen LogP contribution is -2.29. The third kappa shape index (κ3) is 5.02. The van der Waals surface area contributed by atoms with Gasteiger partial charge in [-0.2, -0.15) is 0 Å². The molecule has 0 fully saturated rings. The van der Waals surface area contributed by atoms with E-state index in [1.54, 1.807) is 6.07 Å². The molecule has 0 aliphatic heterocycles. The van der Waals surface area contributed by atoms with Crippen molar-refractivity contribution >= 4 is 34.8 Å². The fourth-order valence-electron chi connectivity index (χ4n) is 2.02. The summed E-state index contributed by atoms with van der Waals surface area (Å²) in [7, 11) is 0. The number of hydrogen-bond acceptors (Lipinski definition) is 2. The zero-order valence-electron chi connectivity index (χ0n) is 12.3. The van der Waals surface area contributed by atoms with Crippen molar-refractivity contribution in [3.63, 3.8) is 0 Å². The maximum Gasteiger partial charge on any atom is 0.238 e. The predicted octanol–water partition coefficient (Wildman–Crippen LogP) is 4.07. The maximum absolute atomic E-state index is 11.9. The molecule has 0 radical (unpaired) electrons. The molecule has 0 saturated carbocycles. The summed E-state index contributed by atoms with van der Waals surface area (Å²) in [4.78, 5) is 11.9. The molecular formula is C17H18Cl2N2O. The Balaban J connectivity index is 1.74. The molecule has 116 valence electrons. The van der Waals surface area contributed by atoms with Crippen molar-refractivity contribution in [3.8, 4) is 0 Å². The van der Waals surface area contributed by atoms with E-state index in [1.807, 2.05) is 43.3 Å². The maximum atomic E-state index is 11.9. The SMILES string of the molecule is Cc1c(Cl)cccc1NC(=O)CNCCc1ccc(Cl)cc1. The summed E-state index contributed by atoms with van der Waals surface area (Å²) in [5, 5.41) is 7.35. The molecule has 2 rings (SSSR count). The van der Waals surface area contributed by atoms with Crippen LogP contribution in [0, 0.1) is 6.92 Å². The standard InChI is InChI=1S/C17H18Cl2N2O/c1-12-15(19)3-2-4-16(12)21-17(22)11-20-10-9-13-5-7-14(18)8-6-13/h2-8,20H,9-11H2,1H3,(H,21,22). The number of benzene rings is 2. The predicted molar refractivity (Wildman–Crippen MR) is 92.8 cm³/mol. The van der Waals surface area contributed by atoms with Crippen LogP contribution in [0.3, 0.4) is 0 Å². The molecule has 1 amide bonds. The Morgan fingerprint density at radius 2 is 1.82 bits per heavy atom. The topological polar surface area (TPSA) is 41.1 Å². The Labute approximate surface area is 140 Å². The second kappa shape index (κ2) is 8.18. The molecule has 0 saturated heterocycles. The van der Waals surface area contributed by atoms with Crippen LogP contribution < -0.4 is 10.6 Å². The Kier molecular flexibility index (Phi) is 6.25. The normalized spacial score (nSPS) is 10.5. The molecule has 22 heavy (non-hydrogen) atoms. The highest BCUT2D eigenvalue weighted by Crippen LogP contribution is 2.22. The molecule has 2 aromatic carbocycles. The van der Waals surface area contributed by atoms with E-state index in [2.05, 4.69) is 10.6 Å². The monoisotopic (exact) mass is 336 g/mol. The van der Waals surface area contributed by atoms with Crippen LogP contribution in [0.15, 0.2) is 42.5 Å². The summed E-state index contributed by atoms with van der Waals surface area (Å²) in [5.74, 6) is -0.0820. The molecule has 0 aliphatic carbocycles. The number of hydrogen-bond donors (Lipinski definition) is 2. The van der Waals surface area contributed by atoms with Crippen molar-refractivity contribution in [2.24, 2.45) is 0 Å². The first-order valence-corrected chi connectivity index (χ1v) is 7.82. The van der Waals surface area contributed by atoms with Crippen molar-refractivity contribution in [1.82, 2.24) is 5.32 Å². The number of rotatable bonds is 6. The molecule has 0 bridgehead atoms. The molecule has 0 atom stereocenters. The molecule has 0 unspecified atom stereocenters. The zero-order chi connectivity index (χ0) is 15.9. The van der Waals surface area contributed by atoms with Crippen LogP contribution in [0.25, 0.3) is 0 Å². The van der Waals surface area contributed by atoms with E-state index < -0.39 is 0 Å². The van der Waals surface area contributed by atoms with Gasteiger partial charge in [-0.1, -0.05) is 41.4 Å². The third-order valence-electron chi connectivity index (χ3n) is 3.33. The molecule has 0 aromatic heterocycles. The Morgan fingerprint density at radius 3 is 2.55 bits per heavy atom. The fraction of sp³-hybridized carbons (Fsp3) is 0.235. The van der Waals surface area contributed by atoms with Gasteiger partial charge in [0.2, 0.25) is 5.91 Å². The minimum atomic E-state index is -0.0820. The summed E-state index contributed by atoms with van der Waals surface area (Å²) < 4.78 is 0. The minimum Gasteiger partial charge on any atom is -0.325 e. The Bertz CT molecular complexity index is 642. The molecule has 2 aromatic rings. The van der Waals surface area contributed by atoms with Gasteiger partial charge in [0.15, 0.2) is 0 Å². The van der Waals surface area contributed by atoms with E-state index >= 15 is 0 Å². The third-order valence-corrected chi connectivity index (χ3v) is 3.99. The number of carbonyl (C=O) groups excluding carboxylic acids is 1. The van der Waals surface area contributed by atoms with Crippen LogP contribution in [0.2, 0.25) is 10.0 Å². The summed E-state index contributed by atoms with van der Waals surface area (Å²) in [5.41, 5.74) is 2.80. The van der Waals surface area contributed by atoms with Crippen LogP contribution >= 0.6 is 23.2 Å². The lowest BCUT2D eigenvalue weighted by molar-refractivity contribution is -0.115. The second-order valence-electron chi connectivity index (χ2n) is 5.01. The highest BCUT2D eigenvalue weighted by atomic mass is 35.5. The first-order chi connectivity index (χ1) is 10.6. The van der Waals surface area contributed by atoms with Gasteiger partial charge in [-0.05, 0) is 55.3 Å². The second-order valence-corrected chi connectivity index (χ2v) is 5.86. The summed E-state index contributed by atoms with van der Waals surface area (Å²) in [6.07, 6.45) is 0.848. The average molecular weight is 337 g/mol.